The monoisotopic (exact) mass is 620 g/mol. The van der Waals surface area contributed by atoms with Crippen molar-refractivity contribution in [3.63, 3.8) is 0 Å². The molecule has 0 spiro atoms. The molecular formula is C32H49N2O8P. The van der Waals surface area contributed by atoms with Crippen molar-refractivity contribution in [1.82, 2.24) is 5.09 Å². The van der Waals surface area contributed by atoms with Gasteiger partial charge in [0.2, 0.25) is 0 Å². The number of aliphatic carboxylic acids is 1. The summed E-state index contributed by atoms with van der Waals surface area (Å²) in [6.07, 6.45) is 8.77. The van der Waals surface area contributed by atoms with Gasteiger partial charge in [0.25, 0.3) is 0 Å². The number of nitrogens with one attached hydrogen (secondary N) is 1. The van der Waals surface area contributed by atoms with Crippen LogP contribution in [0.25, 0.3) is 0 Å². The molecule has 2 rings (SSSR count). The highest BCUT2D eigenvalue weighted by Gasteiger charge is 2.44. The third-order valence-electron chi connectivity index (χ3n) is 7.42. The summed E-state index contributed by atoms with van der Waals surface area (Å²) in [4.78, 5) is 23.9. The van der Waals surface area contributed by atoms with Crippen molar-refractivity contribution in [2.45, 2.75) is 95.6 Å². The van der Waals surface area contributed by atoms with E-state index in [4.69, 9.17) is 19.5 Å². The largest absolute Gasteiger partial charge is 0.481 e. The molecule has 0 fully saturated rings. The molecule has 0 aliphatic carbocycles. The zero-order valence-corrected chi connectivity index (χ0v) is 26.7. The summed E-state index contributed by atoms with van der Waals surface area (Å²) < 4.78 is 30.4. The molecule has 0 bridgehead atoms. The van der Waals surface area contributed by atoms with Crippen LogP contribution in [0.1, 0.15) is 82.8 Å². The predicted octanol–water partition coefficient (Wildman–Crippen LogP) is 5.80. The van der Waals surface area contributed by atoms with Crippen LogP contribution >= 0.6 is 7.75 Å². The molecule has 2 aromatic carbocycles. The first kappa shape index (κ1) is 36.4. The number of benzene rings is 2. The van der Waals surface area contributed by atoms with Crippen molar-refractivity contribution >= 4 is 19.7 Å². The molecule has 0 radical (unpaired) electrons. The van der Waals surface area contributed by atoms with Crippen LogP contribution in [0.4, 0.5) is 0 Å². The Morgan fingerprint density at radius 2 is 1.53 bits per heavy atom. The Hall–Kier alpha value is -2.75. The Labute approximate surface area is 255 Å². The summed E-state index contributed by atoms with van der Waals surface area (Å²) in [5, 5.41) is 22.0. The smallest absolute Gasteiger partial charge is 0.459 e. The van der Waals surface area contributed by atoms with E-state index in [2.05, 4.69) is 36.3 Å². The van der Waals surface area contributed by atoms with E-state index in [1.807, 2.05) is 0 Å². The summed E-state index contributed by atoms with van der Waals surface area (Å²) in [6, 6.07) is 16.5. The molecule has 0 heterocycles. The number of carbonyl (C=O) groups is 2. The van der Waals surface area contributed by atoms with E-state index in [9.17, 15) is 24.4 Å². The molecule has 0 aromatic heterocycles. The van der Waals surface area contributed by atoms with Gasteiger partial charge in [-0.1, -0.05) is 81.5 Å². The van der Waals surface area contributed by atoms with E-state index in [0.717, 1.165) is 19.1 Å². The van der Waals surface area contributed by atoms with Gasteiger partial charge in [-0.15, -0.1) is 0 Å². The fraction of sp³-hybridized carbons (Fsp3) is 0.562. The number of aryl methyl sites for hydroxylation is 2. The first-order valence-electron chi connectivity index (χ1n) is 15.0. The van der Waals surface area contributed by atoms with E-state index in [1.165, 1.54) is 51.0 Å². The summed E-state index contributed by atoms with van der Waals surface area (Å²) in [6.45, 7) is 2.76. The second kappa shape index (κ2) is 18.1. The van der Waals surface area contributed by atoms with Crippen LogP contribution in [0, 0.1) is 0 Å². The fourth-order valence-corrected chi connectivity index (χ4v) is 6.37. The summed E-state index contributed by atoms with van der Waals surface area (Å²) >= 11 is 0. The summed E-state index contributed by atoms with van der Waals surface area (Å²) in [7, 11) is -3.21. The molecule has 5 N–H and O–H groups in total. The number of methoxy groups -OCH3 is 1. The normalized spacial score (nSPS) is 15.6. The topological polar surface area (TPSA) is 157 Å². The Morgan fingerprint density at radius 3 is 2.12 bits per heavy atom. The van der Waals surface area contributed by atoms with Gasteiger partial charge < -0.3 is 25.2 Å². The van der Waals surface area contributed by atoms with Crippen molar-refractivity contribution in [2.24, 2.45) is 5.73 Å². The minimum absolute atomic E-state index is 0.191. The van der Waals surface area contributed by atoms with Gasteiger partial charge in [0.15, 0.2) is 0 Å². The SMILES string of the molecule is CCCCCCCCc1ccc(CCC(N)(CO)COP(=O)(NC(C)(CCC(=O)O)C(=O)OC)Oc2ccccc2)cc1. The first-order chi connectivity index (χ1) is 20.5. The number of para-hydroxylation sites is 1. The molecule has 10 nitrogen and oxygen atoms in total. The van der Waals surface area contributed by atoms with Gasteiger partial charge >= 0.3 is 19.7 Å². The van der Waals surface area contributed by atoms with Crippen LogP contribution in [0.2, 0.25) is 0 Å². The highest BCUT2D eigenvalue weighted by Crippen LogP contribution is 2.47. The van der Waals surface area contributed by atoms with Crippen LogP contribution in [-0.4, -0.2) is 53.6 Å². The maximum Gasteiger partial charge on any atom is 0.459 e. The number of hydrogen-bond acceptors (Lipinski definition) is 8. The lowest BCUT2D eigenvalue weighted by molar-refractivity contribution is -0.148. The van der Waals surface area contributed by atoms with Crippen LogP contribution < -0.4 is 15.3 Å². The molecule has 0 amide bonds. The molecule has 0 saturated heterocycles. The third kappa shape index (κ3) is 13.2. The number of aliphatic hydroxyl groups excluding tert-OH is 1. The number of carboxylic acids is 1. The van der Waals surface area contributed by atoms with Crippen molar-refractivity contribution in [3.05, 3.63) is 65.7 Å². The number of ether oxygens (including phenoxy) is 1. The molecule has 240 valence electrons. The maximum atomic E-state index is 14.0. The van der Waals surface area contributed by atoms with Crippen molar-refractivity contribution in [3.8, 4) is 5.75 Å². The number of aliphatic hydroxyl groups is 1. The van der Waals surface area contributed by atoms with E-state index < -0.39 is 43.8 Å². The number of hydrogen-bond donors (Lipinski definition) is 4. The van der Waals surface area contributed by atoms with E-state index in [0.29, 0.717) is 12.8 Å². The molecule has 0 saturated carbocycles. The molecule has 3 atom stereocenters. The van der Waals surface area contributed by atoms with Gasteiger partial charge in [-0.25, -0.2) is 4.57 Å². The van der Waals surface area contributed by atoms with Crippen LogP contribution in [-0.2, 0) is 36.3 Å². The van der Waals surface area contributed by atoms with Gasteiger partial charge in [-0.2, -0.15) is 5.09 Å². The van der Waals surface area contributed by atoms with Crippen LogP contribution in [0.15, 0.2) is 54.6 Å². The molecule has 11 heteroatoms. The lowest BCUT2D eigenvalue weighted by Crippen LogP contribution is -2.52. The third-order valence-corrected chi connectivity index (χ3v) is 9.11. The maximum absolute atomic E-state index is 14.0. The van der Waals surface area contributed by atoms with Crippen molar-refractivity contribution in [2.75, 3.05) is 20.3 Å². The number of rotatable bonds is 22. The predicted molar refractivity (Wildman–Crippen MR) is 167 cm³/mol. The Bertz CT molecular complexity index is 1160. The second-order valence-electron chi connectivity index (χ2n) is 11.4. The molecule has 0 aliphatic heterocycles. The number of esters is 1. The van der Waals surface area contributed by atoms with Crippen LogP contribution in [0.5, 0.6) is 5.75 Å². The molecule has 2 aromatic rings. The fourth-order valence-electron chi connectivity index (χ4n) is 4.58. The van der Waals surface area contributed by atoms with Crippen molar-refractivity contribution in [1.29, 1.82) is 0 Å². The van der Waals surface area contributed by atoms with Crippen molar-refractivity contribution < 1.29 is 38.2 Å². The first-order valence-corrected chi connectivity index (χ1v) is 16.6. The van der Waals surface area contributed by atoms with Crippen LogP contribution in [0.3, 0.4) is 0 Å². The molecular weight excluding hydrogens is 571 g/mol. The number of nitrogens with two attached hydrogens (primary N) is 1. The van der Waals surface area contributed by atoms with E-state index in [1.54, 1.807) is 30.3 Å². The molecule has 3 unspecified atom stereocenters. The van der Waals surface area contributed by atoms with Gasteiger partial charge in [-0.05, 0) is 62.3 Å². The van der Waals surface area contributed by atoms with Gasteiger partial charge in [0.05, 0.1) is 25.9 Å². The number of unbranched alkanes of at least 4 members (excludes halogenated alkanes) is 5. The van der Waals surface area contributed by atoms with E-state index in [-0.39, 0.29) is 18.8 Å². The van der Waals surface area contributed by atoms with Gasteiger partial charge in [0.1, 0.15) is 11.3 Å². The second-order valence-corrected chi connectivity index (χ2v) is 13.0. The summed E-state index contributed by atoms with van der Waals surface area (Å²) in [5.74, 6) is -1.79. The highest BCUT2D eigenvalue weighted by atomic mass is 31.2. The lowest BCUT2D eigenvalue weighted by Gasteiger charge is -2.34. The van der Waals surface area contributed by atoms with E-state index >= 15 is 0 Å². The average Bonchev–Trinajstić information content (AvgIpc) is 3.00. The summed E-state index contributed by atoms with van der Waals surface area (Å²) in [5.41, 5.74) is 5.82. The highest BCUT2D eigenvalue weighted by molar-refractivity contribution is 7.52. The van der Waals surface area contributed by atoms with Gasteiger partial charge in [0, 0.05) is 6.42 Å². The Kier molecular flexibility index (Phi) is 15.4. The zero-order chi connectivity index (χ0) is 31.8. The zero-order valence-electron chi connectivity index (χ0n) is 25.8. The lowest BCUT2D eigenvalue weighted by atomic mass is 9.93. The minimum atomic E-state index is -4.36. The number of carboxylic acid groups (broad SMARTS) is 1. The standard InChI is InChI=1S/C32H49N2O8P/c1-4-5-6-7-8-10-13-26-16-18-27(19-17-26)20-23-32(33,24-35)25-41-43(39,42-28-14-11-9-12-15-28)34-31(2,30(38)40-3)22-21-29(36)37/h9,11-12,14-19,35H,4-8,10,13,20-25,33H2,1-3H3,(H,34,39)(H,36,37). The minimum Gasteiger partial charge on any atom is -0.481 e. The molecule has 43 heavy (non-hydrogen) atoms. The number of carbonyl (C=O) groups excluding carboxylic acids is 1. The quantitative estimate of drug-likeness (QED) is 0.0720. The Morgan fingerprint density at radius 1 is 0.930 bits per heavy atom. The Balaban J connectivity index is 2.09. The van der Waals surface area contributed by atoms with Gasteiger partial charge in [-0.3, -0.25) is 14.1 Å². The average molecular weight is 621 g/mol. The molecule has 0 aliphatic rings.